The van der Waals surface area contributed by atoms with E-state index in [1.54, 1.807) is 18.0 Å². The van der Waals surface area contributed by atoms with Crippen LogP contribution in [0.3, 0.4) is 0 Å². The minimum Gasteiger partial charge on any atom is -0.383 e. The van der Waals surface area contributed by atoms with Crippen LogP contribution in [0.1, 0.15) is 6.42 Å². The highest BCUT2D eigenvalue weighted by atomic mass is 35.5. The fraction of sp³-hybridized carbons (Fsp3) is 0.444. The number of hydrogen-bond donors (Lipinski definition) is 3. The number of nitrogens with two attached hydrogens (primary N) is 1. The summed E-state index contributed by atoms with van der Waals surface area (Å²) in [6.07, 6.45) is 10.2. The van der Waals surface area contributed by atoms with Gasteiger partial charge in [0.15, 0.2) is 5.82 Å². The van der Waals surface area contributed by atoms with Crippen LogP contribution in [-0.2, 0) is 16.1 Å². The van der Waals surface area contributed by atoms with Crippen LogP contribution in [0.4, 0.5) is 17.5 Å². The monoisotopic (exact) mass is 403 g/mol. The van der Waals surface area contributed by atoms with E-state index < -0.39 is 0 Å². The van der Waals surface area contributed by atoms with E-state index >= 15 is 0 Å². The Morgan fingerprint density at radius 2 is 2.21 bits per heavy atom. The minimum absolute atomic E-state index is 0.121. The fourth-order valence-corrected chi connectivity index (χ4v) is 4.10. The molecule has 0 spiro atoms. The first kappa shape index (κ1) is 18.7. The van der Waals surface area contributed by atoms with Crippen molar-refractivity contribution in [2.24, 2.45) is 23.5 Å². The molecule has 9 nitrogen and oxygen atoms in total. The quantitative estimate of drug-likeness (QED) is 0.575. The third kappa shape index (κ3) is 3.67. The van der Waals surface area contributed by atoms with Crippen molar-refractivity contribution in [1.29, 1.82) is 0 Å². The van der Waals surface area contributed by atoms with Crippen LogP contribution >= 0.6 is 11.6 Å². The van der Waals surface area contributed by atoms with Gasteiger partial charge in [-0.3, -0.25) is 9.48 Å². The lowest BCUT2D eigenvalue weighted by Crippen LogP contribution is -2.41. The number of fused-ring (bicyclic) bond motifs is 2. The van der Waals surface area contributed by atoms with Gasteiger partial charge in [-0.2, -0.15) is 10.1 Å². The number of rotatable bonds is 8. The summed E-state index contributed by atoms with van der Waals surface area (Å²) in [5.41, 5.74) is 6.38. The van der Waals surface area contributed by atoms with Crippen LogP contribution in [-0.4, -0.2) is 45.4 Å². The summed E-state index contributed by atoms with van der Waals surface area (Å²) in [7, 11) is 1.65. The van der Waals surface area contributed by atoms with Crippen LogP contribution in [0.25, 0.3) is 0 Å². The fourth-order valence-electron chi connectivity index (χ4n) is 3.96. The van der Waals surface area contributed by atoms with Crippen molar-refractivity contribution >= 4 is 35.0 Å². The number of methoxy groups -OCH3 is 1. The van der Waals surface area contributed by atoms with Crippen LogP contribution in [0.15, 0.2) is 30.7 Å². The van der Waals surface area contributed by atoms with Crippen molar-refractivity contribution < 1.29 is 9.53 Å². The molecule has 2 aromatic rings. The van der Waals surface area contributed by atoms with Crippen LogP contribution in [0.2, 0.25) is 5.02 Å². The van der Waals surface area contributed by atoms with Gasteiger partial charge in [-0.15, -0.1) is 0 Å². The maximum absolute atomic E-state index is 11.9. The largest absolute Gasteiger partial charge is 0.383 e. The van der Waals surface area contributed by atoms with Gasteiger partial charge in [0.2, 0.25) is 11.9 Å². The summed E-state index contributed by atoms with van der Waals surface area (Å²) in [6.45, 7) is 1.23. The zero-order valence-corrected chi connectivity index (χ0v) is 16.1. The molecule has 0 aromatic carbocycles. The Kier molecular flexibility index (Phi) is 5.19. The van der Waals surface area contributed by atoms with Crippen molar-refractivity contribution in [3.05, 3.63) is 35.8 Å². The van der Waals surface area contributed by atoms with Crippen LogP contribution in [0.5, 0.6) is 0 Å². The molecule has 1 fully saturated rings. The summed E-state index contributed by atoms with van der Waals surface area (Å²) >= 11 is 6.29. The first-order chi connectivity index (χ1) is 13.5. The van der Waals surface area contributed by atoms with Gasteiger partial charge in [-0.25, -0.2) is 4.98 Å². The first-order valence-electron chi connectivity index (χ1n) is 9.10. The number of hydrogen-bond acceptors (Lipinski definition) is 7. The molecule has 2 aliphatic rings. The number of allylic oxidation sites excluding steroid dienone is 1. The molecule has 4 rings (SSSR count). The molecule has 28 heavy (non-hydrogen) atoms. The van der Waals surface area contributed by atoms with Gasteiger partial charge in [-0.1, -0.05) is 23.8 Å². The van der Waals surface area contributed by atoms with Crippen LogP contribution < -0.4 is 16.4 Å². The topological polar surface area (TPSA) is 120 Å². The second kappa shape index (κ2) is 7.76. The molecular weight excluding hydrogens is 382 g/mol. The normalized spacial score (nSPS) is 25.2. The van der Waals surface area contributed by atoms with Crippen molar-refractivity contribution in [3.8, 4) is 0 Å². The molecule has 2 aromatic heterocycles. The van der Waals surface area contributed by atoms with E-state index in [1.807, 2.05) is 6.20 Å². The molecule has 148 valence electrons. The van der Waals surface area contributed by atoms with E-state index in [-0.39, 0.29) is 29.7 Å². The SMILES string of the molecule is COCCn1cc(Nc2ncc(Cl)c(N[C@H]3[C@@H](C(N)=O)[C@@H]4C=C[C@H]3C4)n2)cn1. The highest BCUT2D eigenvalue weighted by molar-refractivity contribution is 6.32. The van der Waals surface area contributed by atoms with Gasteiger partial charge in [-0.05, 0) is 18.3 Å². The number of carbonyl (C=O) groups is 1. The number of amides is 1. The summed E-state index contributed by atoms with van der Waals surface area (Å²) in [5.74, 6) is 0.702. The lowest BCUT2D eigenvalue weighted by Gasteiger charge is -2.27. The number of halogens is 1. The van der Waals surface area contributed by atoms with Crippen molar-refractivity contribution in [3.63, 3.8) is 0 Å². The number of nitrogens with one attached hydrogen (secondary N) is 2. The van der Waals surface area contributed by atoms with Gasteiger partial charge in [0.25, 0.3) is 0 Å². The average molecular weight is 404 g/mol. The highest BCUT2D eigenvalue weighted by Gasteiger charge is 2.47. The number of anilines is 3. The van der Waals surface area contributed by atoms with E-state index in [9.17, 15) is 4.79 Å². The van der Waals surface area contributed by atoms with E-state index in [2.05, 4.69) is 37.9 Å². The molecule has 2 bridgehead atoms. The molecule has 0 aliphatic heterocycles. The molecule has 10 heteroatoms. The maximum Gasteiger partial charge on any atom is 0.229 e. The Labute approximate surface area is 167 Å². The molecule has 4 atom stereocenters. The minimum atomic E-state index is -0.304. The number of nitrogens with zero attached hydrogens (tertiary/aromatic N) is 4. The number of carbonyl (C=O) groups excluding carboxylic acids is 1. The zero-order valence-electron chi connectivity index (χ0n) is 15.4. The van der Waals surface area contributed by atoms with Gasteiger partial charge in [0.05, 0.1) is 37.2 Å². The molecule has 4 N–H and O–H groups in total. The summed E-state index contributed by atoms with van der Waals surface area (Å²) < 4.78 is 6.81. The summed E-state index contributed by atoms with van der Waals surface area (Å²) in [5, 5.41) is 11.1. The Morgan fingerprint density at radius 1 is 1.39 bits per heavy atom. The number of ether oxygens (including phenoxy) is 1. The molecule has 0 saturated heterocycles. The predicted molar refractivity (Wildman–Crippen MR) is 105 cm³/mol. The van der Waals surface area contributed by atoms with E-state index in [0.717, 1.165) is 12.1 Å². The smallest absolute Gasteiger partial charge is 0.229 e. The van der Waals surface area contributed by atoms with Crippen molar-refractivity contribution in [2.45, 2.75) is 19.0 Å². The zero-order chi connectivity index (χ0) is 19.7. The van der Waals surface area contributed by atoms with E-state index in [4.69, 9.17) is 22.1 Å². The second-order valence-electron chi connectivity index (χ2n) is 7.05. The molecule has 1 saturated carbocycles. The van der Waals surface area contributed by atoms with Gasteiger partial charge >= 0.3 is 0 Å². The third-order valence-electron chi connectivity index (χ3n) is 5.25. The Bertz CT molecular complexity index is 900. The number of aromatic nitrogens is 4. The molecule has 2 heterocycles. The predicted octanol–water partition coefficient (Wildman–Crippen LogP) is 1.80. The molecule has 0 unspecified atom stereocenters. The van der Waals surface area contributed by atoms with Crippen molar-refractivity contribution in [2.75, 3.05) is 24.4 Å². The third-order valence-corrected chi connectivity index (χ3v) is 5.53. The van der Waals surface area contributed by atoms with Crippen molar-refractivity contribution in [1.82, 2.24) is 19.7 Å². The lowest BCUT2D eigenvalue weighted by atomic mass is 9.88. The second-order valence-corrected chi connectivity index (χ2v) is 7.45. The Hall–Kier alpha value is -2.65. The Balaban J connectivity index is 1.49. The number of primary amides is 1. The standard InChI is InChI=1S/C18H22ClN7O2/c1-28-5-4-26-9-12(7-22-26)23-18-21-8-13(19)17(25-18)24-15-11-3-2-10(6-11)14(15)16(20)27/h2-3,7-11,14-15H,4-6H2,1H3,(H2,20,27)(H2,21,23,24,25)/t10-,11+,14+,15-/m1/s1. The summed E-state index contributed by atoms with van der Waals surface area (Å²) in [4.78, 5) is 20.6. The van der Waals surface area contributed by atoms with Gasteiger partial charge in [0, 0.05) is 19.3 Å². The maximum atomic E-state index is 11.9. The highest BCUT2D eigenvalue weighted by Crippen LogP contribution is 2.45. The summed E-state index contributed by atoms with van der Waals surface area (Å²) in [6, 6.07) is -0.121. The molecule has 1 amide bonds. The van der Waals surface area contributed by atoms with Gasteiger partial charge in [0.1, 0.15) is 5.02 Å². The van der Waals surface area contributed by atoms with Gasteiger partial charge < -0.3 is 21.1 Å². The average Bonchev–Trinajstić information content (AvgIpc) is 3.39. The van der Waals surface area contributed by atoms with E-state index in [1.165, 1.54) is 6.20 Å². The molecule has 2 aliphatic carbocycles. The van der Waals surface area contributed by atoms with E-state index in [0.29, 0.717) is 29.9 Å². The van der Waals surface area contributed by atoms with Crippen LogP contribution in [0, 0.1) is 17.8 Å². The first-order valence-corrected chi connectivity index (χ1v) is 9.48. The lowest BCUT2D eigenvalue weighted by molar-refractivity contribution is -0.122. The molecule has 0 radical (unpaired) electrons. The Morgan fingerprint density at radius 3 is 3.00 bits per heavy atom. The molecular formula is C18H22ClN7O2.